The van der Waals surface area contributed by atoms with Crippen molar-refractivity contribution in [1.82, 2.24) is 5.32 Å². The van der Waals surface area contributed by atoms with Gasteiger partial charge in [-0.05, 0) is 32.9 Å². The van der Waals surface area contributed by atoms with Gasteiger partial charge in [0.25, 0.3) is 0 Å². The fraction of sp³-hybridized carbons (Fsp3) is 0.800. The van der Waals surface area contributed by atoms with Crippen molar-refractivity contribution in [3.63, 3.8) is 0 Å². The van der Waals surface area contributed by atoms with Gasteiger partial charge in [0.15, 0.2) is 0 Å². The molecule has 1 N–H and O–H groups in total. The van der Waals surface area contributed by atoms with Crippen molar-refractivity contribution in [1.29, 1.82) is 0 Å². The number of rotatable bonds is 2. The largest absolute Gasteiger partial charge is 0.388 e. The lowest BCUT2D eigenvalue weighted by atomic mass is 9.96. The van der Waals surface area contributed by atoms with Crippen LogP contribution in [0.5, 0.6) is 0 Å². The van der Waals surface area contributed by atoms with Crippen molar-refractivity contribution < 1.29 is 0 Å². The van der Waals surface area contributed by atoms with E-state index in [-0.39, 0.29) is 0 Å². The third-order valence-electron chi connectivity index (χ3n) is 2.21. The van der Waals surface area contributed by atoms with Gasteiger partial charge in [0, 0.05) is 6.04 Å². The average Bonchev–Trinajstić information content (AvgIpc) is 2.03. The first-order valence-electron chi connectivity index (χ1n) is 4.68. The lowest BCUT2D eigenvalue weighted by Crippen LogP contribution is -2.26. The molecule has 1 heteroatoms. The molecule has 1 fully saturated rings. The van der Waals surface area contributed by atoms with Crippen LogP contribution in [0, 0.1) is 0 Å². The van der Waals surface area contributed by atoms with Crippen molar-refractivity contribution in [2.45, 2.75) is 52.0 Å². The van der Waals surface area contributed by atoms with Gasteiger partial charge < -0.3 is 5.32 Å². The molecule has 1 rings (SSSR count). The molecule has 0 saturated heterocycles. The Morgan fingerprint density at radius 3 is 2.36 bits per heavy atom. The molecule has 0 amide bonds. The Morgan fingerprint density at radius 2 is 1.82 bits per heavy atom. The Kier molecular flexibility index (Phi) is 3.47. The van der Waals surface area contributed by atoms with Crippen LogP contribution in [0.1, 0.15) is 46.0 Å². The van der Waals surface area contributed by atoms with Gasteiger partial charge in [-0.1, -0.05) is 24.8 Å². The van der Waals surface area contributed by atoms with Gasteiger partial charge in [-0.15, -0.1) is 0 Å². The summed E-state index contributed by atoms with van der Waals surface area (Å²) >= 11 is 0. The van der Waals surface area contributed by atoms with Crippen LogP contribution in [-0.4, -0.2) is 6.04 Å². The lowest BCUT2D eigenvalue weighted by molar-refractivity contribution is 0.404. The zero-order valence-electron chi connectivity index (χ0n) is 7.69. The van der Waals surface area contributed by atoms with Crippen LogP contribution >= 0.6 is 0 Å². The molecule has 1 nitrogen and oxygen atoms in total. The molecule has 0 unspecified atom stereocenters. The van der Waals surface area contributed by atoms with Crippen LogP contribution in [0.3, 0.4) is 0 Å². The zero-order chi connectivity index (χ0) is 8.10. The van der Waals surface area contributed by atoms with Gasteiger partial charge in [0.05, 0.1) is 0 Å². The Bertz CT molecular complexity index is 128. The normalized spacial score (nSPS) is 19.5. The summed E-state index contributed by atoms with van der Waals surface area (Å²) in [5.74, 6) is 0. The average molecular weight is 153 g/mol. The zero-order valence-corrected chi connectivity index (χ0v) is 7.69. The highest BCUT2D eigenvalue weighted by molar-refractivity contribution is 4.93. The van der Waals surface area contributed by atoms with E-state index >= 15 is 0 Å². The molecule has 0 radical (unpaired) electrons. The van der Waals surface area contributed by atoms with Crippen LogP contribution in [0.15, 0.2) is 11.8 Å². The molecule has 0 atom stereocenters. The minimum Gasteiger partial charge on any atom is -0.388 e. The summed E-state index contributed by atoms with van der Waals surface area (Å²) in [7, 11) is 0. The molecule has 0 spiro atoms. The van der Waals surface area contributed by atoms with Crippen molar-refractivity contribution in [3.05, 3.63) is 11.8 Å². The molecular weight excluding hydrogens is 134 g/mol. The van der Waals surface area contributed by atoms with E-state index < -0.39 is 0 Å². The highest BCUT2D eigenvalue weighted by Crippen LogP contribution is 2.17. The molecular formula is C10H19N. The van der Waals surface area contributed by atoms with Crippen LogP contribution in [0.25, 0.3) is 0 Å². The predicted octanol–water partition coefficient (Wildman–Crippen LogP) is 2.83. The van der Waals surface area contributed by atoms with Gasteiger partial charge in [-0.2, -0.15) is 0 Å². The van der Waals surface area contributed by atoms with Crippen molar-refractivity contribution in [2.75, 3.05) is 0 Å². The van der Waals surface area contributed by atoms with Gasteiger partial charge >= 0.3 is 0 Å². The molecule has 64 valence electrons. The Labute approximate surface area is 69.9 Å². The monoisotopic (exact) mass is 153 g/mol. The quantitative estimate of drug-likeness (QED) is 0.643. The molecule has 0 aromatic heterocycles. The van der Waals surface area contributed by atoms with Crippen molar-refractivity contribution >= 4 is 0 Å². The lowest BCUT2D eigenvalue weighted by Gasteiger charge is -2.21. The number of hydrogen-bond donors (Lipinski definition) is 1. The SMILES string of the molecule is CC(C)=CNC1CCCCC1. The maximum absolute atomic E-state index is 3.46. The minimum absolute atomic E-state index is 0.763. The summed E-state index contributed by atoms with van der Waals surface area (Å²) in [6, 6.07) is 0.763. The summed E-state index contributed by atoms with van der Waals surface area (Å²) in [6.07, 6.45) is 9.14. The molecule has 11 heavy (non-hydrogen) atoms. The van der Waals surface area contributed by atoms with E-state index in [0.29, 0.717) is 0 Å². The van der Waals surface area contributed by atoms with Crippen molar-refractivity contribution in [2.24, 2.45) is 0 Å². The fourth-order valence-corrected chi connectivity index (χ4v) is 1.55. The maximum Gasteiger partial charge on any atom is 0.0255 e. The molecule has 0 heterocycles. The topological polar surface area (TPSA) is 12.0 Å². The van der Waals surface area contributed by atoms with E-state index in [1.54, 1.807) is 0 Å². The maximum atomic E-state index is 3.46. The number of allylic oxidation sites excluding steroid dienone is 1. The van der Waals surface area contributed by atoms with E-state index in [4.69, 9.17) is 0 Å². The number of nitrogens with one attached hydrogen (secondary N) is 1. The first-order chi connectivity index (χ1) is 5.29. The van der Waals surface area contributed by atoms with Gasteiger partial charge in [-0.3, -0.25) is 0 Å². The Morgan fingerprint density at radius 1 is 1.18 bits per heavy atom. The summed E-state index contributed by atoms with van der Waals surface area (Å²) in [5, 5.41) is 3.46. The summed E-state index contributed by atoms with van der Waals surface area (Å²) in [5.41, 5.74) is 1.37. The van der Waals surface area contributed by atoms with Crippen LogP contribution in [0.4, 0.5) is 0 Å². The minimum atomic E-state index is 0.763. The molecule has 1 aliphatic carbocycles. The molecule has 1 aliphatic rings. The molecule has 0 bridgehead atoms. The predicted molar refractivity (Wildman–Crippen MR) is 49.4 cm³/mol. The van der Waals surface area contributed by atoms with E-state index in [0.717, 1.165) is 6.04 Å². The third kappa shape index (κ3) is 3.45. The highest BCUT2D eigenvalue weighted by Gasteiger charge is 2.10. The van der Waals surface area contributed by atoms with Crippen LogP contribution < -0.4 is 5.32 Å². The second-order valence-electron chi connectivity index (χ2n) is 3.72. The fourth-order valence-electron chi connectivity index (χ4n) is 1.55. The molecule has 1 saturated carbocycles. The molecule has 0 aromatic rings. The first-order valence-corrected chi connectivity index (χ1v) is 4.68. The summed E-state index contributed by atoms with van der Waals surface area (Å²) in [4.78, 5) is 0. The number of hydrogen-bond acceptors (Lipinski definition) is 1. The second kappa shape index (κ2) is 4.42. The van der Waals surface area contributed by atoms with Crippen LogP contribution in [-0.2, 0) is 0 Å². The molecule has 0 aliphatic heterocycles. The van der Waals surface area contributed by atoms with E-state index in [9.17, 15) is 0 Å². The van der Waals surface area contributed by atoms with Crippen molar-refractivity contribution in [3.8, 4) is 0 Å². The van der Waals surface area contributed by atoms with E-state index in [1.807, 2.05) is 0 Å². The van der Waals surface area contributed by atoms with Gasteiger partial charge in [-0.25, -0.2) is 0 Å². The smallest absolute Gasteiger partial charge is 0.0255 e. The van der Waals surface area contributed by atoms with E-state index in [2.05, 4.69) is 25.4 Å². The van der Waals surface area contributed by atoms with Gasteiger partial charge in [0.1, 0.15) is 0 Å². The second-order valence-corrected chi connectivity index (χ2v) is 3.72. The molecule has 0 aromatic carbocycles. The first kappa shape index (κ1) is 8.63. The Balaban J connectivity index is 2.19. The summed E-state index contributed by atoms with van der Waals surface area (Å²) < 4.78 is 0. The van der Waals surface area contributed by atoms with Crippen LogP contribution in [0.2, 0.25) is 0 Å². The van der Waals surface area contributed by atoms with Gasteiger partial charge in [0.2, 0.25) is 0 Å². The summed E-state index contributed by atoms with van der Waals surface area (Å²) in [6.45, 7) is 4.27. The highest BCUT2D eigenvalue weighted by atomic mass is 14.9. The van der Waals surface area contributed by atoms with E-state index in [1.165, 1.54) is 37.7 Å². The third-order valence-corrected chi connectivity index (χ3v) is 2.21. The standard InChI is InChI=1S/C10H19N/c1-9(2)8-11-10-6-4-3-5-7-10/h8,10-11H,3-7H2,1-2H3. The Hall–Kier alpha value is -0.460.